The van der Waals surface area contributed by atoms with Crippen LogP contribution < -0.4 is 0 Å². The fourth-order valence-corrected chi connectivity index (χ4v) is 3.16. The number of hydrogen-bond acceptors (Lipinski definition) is 4. The van der Waals surface area contributed by atoms with Crippen LogP contribution >= 0.6 is 0 Å². The van der Waals surface area contributed by atoms with Gasteiger partial charge in [-0.1, -0.05) is 12.8 Å². The number of carbonyl (C=O) groups excluding carboxylic acids is 1. The van der Waals surface area contributed by atoms with Crippen molar-refractivity contribution in [1.82, 2.24) is 0 Å². The van der Waals surface area contributed by atoms with E-state index in [2.05, 4.69) is 0 Å². The highest BCUT2D eigenvalue weighted by Gasteiger charge is 2.43. The highest BCUT2D eigenvalue weighted by Crippen LogP contribution is 2.42. The minimum atomic E-state index is -0.712. The maximum Gasteiger partial charge on any atom is 0.217 e. The zero-order valence-electron chi connectivity index (χ0n) is 10.7. The summed E-state index contributed by atoms with van der Waals surface area (Å²) in [5.41, 5.74) is -0.0232. The summed E-state index contributed by atoms with van der Waals surface area (Å²) >= 11 is 0. The van der Waals surface area contributed by atoms with Crippen molar-refractivity contribution in [2.24, 2.45) is 5.92 Å². The Hall–Kier alpha value is -0.450. The van der Waals surface area contributed by atoms with E-state index in [0.29, 0.717) is 6.61 Å². The molecule has 2 fully saturated rings. The van der Waals surface area contributed by atoms with E-state index in [-0.39, 0.29) is 17.3 Å². The lowest BCUT2D eigenvalue weighted by Gasteiger charge is -2.38. The van der Waals surface area contributed by atoms with Crippen molar-refractivity contribution in [3.63, 3.8) is 0 Å². The van der Waals surface area contributed by atoms with Crippen LogP contribution in [0.2, 0.25) is 0 Å². The Bertz CT molecular complexity index is 267. The van der Waals surface area contributed by atoms with Gasteiger partial charge in [-0.05, 0) is 25.7 Å². The van der Waals surface area contributed by atoms with E-state index in [9.17, 15) is 4.79 Å². The molecule has 17 heavy (non-hydrogen) atoms. The van der Waals surface area contributed by atoms with Crippen molar-refractivity contribution in [2.45, 2.75) is 50.4 Å². The number of methoxy groups -OCH3 is 2. The first-order valence-electron chi connectivity index (χ1n) is 6.44. The summed E-state index contributed by atoms with van der Waals surface area (Å²) in [6, 6.07) is 0. The average Bonchev–Trinajstić information content (AvgIpc) is 2.78. The van der Waals surface area contributed by atoms with Crippen LogP contribution in [-0.4, -0.2) is 38.5 Å². The summed E-state index contributed by atoms with van der Waals surface area (Å²) < 4.78 is 16.0. The van der Waals surface area contributed by atoms with Gasteiger partial charge in [-0.15, -0.1) is 0 Å². The predicted octanol–water partition coefficient (Wildman–Crippen LogP) is 1.91. The van der Waals surface area contributed by atoms with E-state index in [4.69, 9.17) is 14.2 Å². The Morgan fingerprint density at radius 3 is 2.53 bits per heavy atom. The molecule has 1 saturated heterocycles. The van der Waals surface area contributed by atoms with Crippen LogP contribution in [0.25, 0.3) is 0 Å². The van der Waals surface area contributed by atoms with Gasteiger partial charge in [-0.3, -0.25) is 4.79 Å². The molecule has 0 radical (unpaired) electrons. The summed E-state index contributed by atoms with van der Waals surface area (Å²) in [6.45, 7) is 0.691. The largest absolute Gasteiger partial charge is 0.375 e. The highest BCUT2D eigenvalue weighted by molar-refractivity contribution is 5.84. The van der Waals surface area contributed by atoms with Crippen molar-refractivity contribution >= 4 is 5.78 Å². The fourth-order valence-electron chi connectivity index (χ4n) is 3.16. The molecule has 1 heterocycles. The van der Waals surface area contributed by atoms with Crippen LogP contribution in [0.15, 0.2) is 0 Å². The monoisotopic (exact) mass is 242 g/mol. The lowest BCUT2D eigenvalue weighted by molar-refractivity contribution is -0.169. The average molecular weight is 242 g/mol. The molecule has 4 heteroatoms. The Kier molecular flexibility index (Phi) is 4.17. The third kappa shape index (κ3) is 2.69. The van der Waals surface area contributed by atoms with Gasteiger partial charge >= 0.3 is 0 Å². The van der Waals surface area contributed by atoms with Gasteiger partial charge in [0.2, 0.25) is 6.29 Å². The van der Waals surface area contributed by atoms with Gasteiger partial charge in [0.15, 0.2) is 5.78 Å². The summed E-state index contributed by atoms with van der Waals surface area (Å²) in [6.07, 6.45) is 5.57. The second-order valence-corrected chi connectivity index (χ2v) is 5.13. The van der Waals surface area contributed by atoms with Gasteiger partial charge in [-0.2, -0.15) is 0 Å². The molecule has 0 bridgehead atoms. The number of ketones is 1. The Labute approximate surface area is 103 Å². The van der Waals surface area contributed by atoms with Crippen molar-refractivity contribution in [2.75, 3.05) is 20.8 Å². The third-order valence-electron chi connectivity index (χ3n) is 4.07. The quantitative estimate of drug-likeness (QED) is 0.706. The maximum atomic E-state index is 12.2. The van der Waals surface area contributed by atoms with E-state index in [1.54, 1.807) is 0 Å². The van der Waals surface area contributed by atoms with E-state index in [1.165, 1.54) is 27.1 Å². The van der Waals surface area contributed by atoms with Gasteiger partial charge in [-0.25, -0.2) is 0 Å². The normalized spacial score (nSPS) is 27.8. The zero-order valence-corrected chi connectivity index (χ0v) is 10.7. The smallest absolute Gasteiger partial charge is 0.217 e. The number of Topliss-reactive ketones (excluding diaryl/α,β-unsaturated/α-hetero) is 1. The van der Waals surface area contributed by atoms with E-state index >= 15 is 0 Å². The standard InChI is InChI=1S/C13H22O4/c1-15-12(16-2)11(14)10-5-8-17-13(9-10)6-3-4-7-13/h10,12H,3-9H2,1-2H3. The van der Waals surface area contributed by atoms with E-state index in [1.807, 2.05) is 0 Å². The number of rotatable bonds is 4. The first-order chi connectivity index (χ1) is 8.21. The molecule has 2 aliphatic rings. The molecule has 98 valence electrons. The second kappa shape index (κ2) is 5.46. The third-order valence-corrected chi connectivity index (χ3v) is 4.07. The fraction of sp³-hybridized carbons (Fsp3) is 0.923. The SMILES string of the molecule is COC(OC)C(=O)C1CCOC2(CCCC2)C1. The number of ether oxygens (including phenoxy) is 3. The first kappa shape index (κ1) is 13.0. The molecule has 0 amide bonds. The first-order valence-corrected chi connectivity index (χ1v) is 6.44. The molecule has 1 unspecified atom stereocenters. The molecule has 1 saturated carbocycles. The van der Waals surface area contributed by atoms with Crippen LogP contribution in [-0.2, 0) is 19.0 Å². The summed E-state index contributed by atoms with van der Waals surface area (Å²) in [5, 5.41) is 0. The predicted molar refractivity (Wildman–Crippen MR) is 62.7 cm³/mol. The molecule has 1 aliphatic heterocycles. The van der Waals surface area contributed by atoms with Gasteiger partial charge in [0, 0.05) is 26.7 Å². The van der Waals surface area contributed by atoms with E-state index < -0.39 is 6.29 Å². The molecule has 1 atom stereocenters. The molecule has 1 aliphatic carbocycles. The van der Waals surface area contributed by atoms with Crippen LogP contribution in [0.1, 0.15) is 38.5 Å². The summed E-state index contributed by atoms with van der Waals surface area (Å²) in [4.78, 5) is 12.2. The number of carbonyl (C=O) groups is 1. The zero-order chi connectivity index (χ0) is 12.3. The van der Waals surface area contributed by atoms with Crippen LogP contribution in [0, 0.1) is 5.92 Å². The Balaban J connectivity index is 1.99. The van der Waals surface area contributed by atoms with Crippen LogP contribution in [0.3, 0.4) is 0 Å². The minimum Gasteiger partial charge on any atom is -0.375 e. The molecule has 0 N–H and O–H groups in total. The lowest BCUT2D eigenvalue weighted by atomic mass is 9.82. The van der Waals surface area contributed by atoms with Gasteiger partial charge in [0.05, 0.1) is 5.60 Å². The van der Waals surface area contributed by atoms with Crippen molar-refractivity contribution in [3.05, 3.63) is 0 Å². The molecule has 2 rings (SSSR count). The molecule has 0 aromatic carbocycles. The summed E-state index contributed by atoms with van der Waals surface area (Å²) in [7, 11) is 3.02. The Morgan fingerprint density at radius 1 is 1.29 bits per heavy atom. The van der Waals surface area contributed by atoms with Crippen LogP contribution in [0.5, 0.6) is 0 Å². The minimum absolute atomic E-state index is 0.0232. The van der Waals surface area contributed by atoms with Gasteiger partial charge < -0.3 is 14.2 Å². The maximum absolute atomic E-state index is 12.2. The lowest BCUT2D eigenvalue weighted by Crippen LogP contribution is -2.43. The van der Waals surface area contributed by atoms with Crippen LogP contribution in [0.4, 0.5) is 0 Å². The van der Waals surface area contributed by atoms with Crippen molar-refractivity contribution in [3.8, 4) is 0 Å². The van der Waals surface area contributed by atoms with Gasteiger partial charge in [0.1, 0.15) is 0 Å². The molecule has 0 aromatic heterocycles. The molecule has 4 nitrogen and oxygen atoms in total. The van der Waals surface area contributed by atoms with Gasteiger partial charge in [0.25, 0.3) is 0 Å². The van der Waals surface area contributed by atoms with Crippen molar-refractivity contribution in [1.29, 1.82) is 0 Å². The summed E-state index contributed by atoms with van der Waals surface area (Å²) in [5.74, 6) is 0.108. The Morgan fingerprint density at radius 2 is 1.94 bits per heavy atom. The topological polar surface area (TPSA) is 44.8 Å². The number of hydrogen-bond donors (Lipinski definition) is 0. The molecule has 0 aromatic rings. The molecular formula is C13H22O4. The van der Waals surface area contributed by atoms with Crippen molar-refractivity contribution < 1.29 is 19.0 Å². The second-order valence-electron chi connectivity index (χ2n) is 5.13. The van der Waals surface area contributed by atoms with E-state index in [0.717, 1.165) is 25.7 Å². The molecule has 1 spiro atoms. The molecular weight excluding hydrogens is 220 g/mol. The highest BCUT2D eigenvalue weighted by atomic mass is 16.7.